The third kappa shape index (κ3) is 2.70. The van der Waals surface area contributed by atoms with Crippen LogP contribution in [0.2, 0.25) is 0 Å². The van der Waals surface area contributed by atoms with Crippen molar-refractivity contribution in [2.24, 2.45) is 0 Å². The van der Waals surface area contributed by atoms with Crippen LogP contribution in [-0.2, 0) is 11.2 Å². The standard InChI is InChI=1S/C16H15N5OS/c1-10(15-19-12-4-2-3-5-13(12)20-15)17-14(22)8-11-9-21-6-7-23-16(21)18-11/h2-7,9-10H,8H2,1H3,(H,17,22)(H,19,20)/t10-/m1/s1. The quantitative estimate of drug-likeness (QED) is 0.606. The molecule has 0 bridgehead atoms. The van der Waals surface area contributed by atoms with Crippen LogP contribution >= 0.6 is 11.3 Å². The molecule has 116 valence electrons. The van der Waals surface area contributed by atoms with Crippen molar-refractivity contribution < 1.29 is 4.79 Å². The zero-order chi connectivity index (χ0) is 15.8. The number of hydrogen-bond acceptors (Lipinski definition) is 4. The molecular formula is C16H15N5OS. The highest BCUT2D eigenvalue weighted by Gasteiger charge is 2.15. The van der Waals surface area contributed by atoms with E-state index in [1.54, 1.807) is 11.3 Å². The van der Waals surface area contributed by atoms with Crippen molar-refractivity contribution in [2.75, 3.05) is 0 Å². The van der Waals surface area contributed by atoms with Crippen LogP contribution in [0.3, 0.4) is 0 Å². The first kappa shape index (κ1) is 14.0. The van der Waals surface area contributed by atoms with Crippen molar-refractivity contribution in [1.29, 1.82) is 0 Å². The summed E-state index contributed by atoms with van der Waals surface area (Å²) in [5.74, 6) is 0.689. The van der Waals surface area contributed by atoms with E-state index in [1.165, 1.54) is 0 Å². The zero-order valence-electron chi connectivity index (χ0n) is 12.5. The van der Waals surface area contributed by atoms with Crippen LogP contribution in [0, 0.1) is 0 Å². The SMILES string of the molecule is C[C@@H](NC(=O)Cc1cn2ccsc2n1)c1nc2ccccc2[nH]1. The van der Waals surface area contributed by atoms with Crippen LogP contribution in [0.1, 0.15) is 24.5 Å². The lowest BCUT2D eigenvalue weighted by molar-refractivity contribution is -0.121. The first-order valence-electron chi connectivity index (χ1n) is 7.34. The normalized spacial score (nSPS) is 12.7. The minimum absolute atomic E-state index is 0.0660. The molecule has 6 nitrogen and oxygen atoms in total. The fourth-order valence-electron chi connectivity index (χ4n) is 2.56. The number of aromatic amines is 1. The molecule has 7 heteroatoms. The van der Waals surface area contributed by atoms with Gasteiger partial charge in [0, 0.05) is 17.8 Å². The molecule has 2 N–H and O–H groups in total. The van der Waals surface area contributed by atoms with Crippen molar-refractivity contribution in [1.82, 2.24) is 24.7 Å². The molecule has 0 spiro atoms. The smallest absolute Gasteiger partial charge is 0.226 e. The first-order valence-corrected chi connectivity index (χ1v) is 8.22. The molecule has 23 heavy (non-hydrogen) atoms. The number of thiazole rings is 1. The number of rotatable bonds is 4. The Bertz CT molecular complexity index is 921. The molecule has 0 saturated heterocycles. The van der Waals surface area contributed by atoms with Crippen LogP contribution < -0.4 is 5.32 Å². The Morgan fingerprint density at radius 1 is 1.39 bits per heavy atom. The molecule has 3 heterocycles. The maximum Gasteiger partial charge on any atom is 0.226 e. The number of nitrogens with one attached hydrogen (secondary N) is 2. The zero-order valence-corrected chi connectivity index (χ0v) is 13.3. The van der Waals surface area contributed by atoms with Crippen molar-refractivity contribution >= 4 is 33.2 Å². The monoisotopic (exact) mass is 325 g/mol. The molecule has 0 aliphatic carbocycles. The summed E-state index contributed by atoms with van der Waals surface area (Å²) in [6.07, 6.45) is 4.08. The number of H-pyrrole nitrogens is 1. The topological polar surface area (TPSA) is 75.1 Å². The molecule has 0 unspecified atom stereocenters. The molecule has 0 aliphatic heterocycles. The molecule has 0 radical (unpaired) electrons. The van der Waals surface area contributed by atoms with Gasteiger partial charge in [-0.15, -0.1) is 11.3 Å². The highest BCUT2D eigenvalue weighted by molar-refractivity contribution is 7.15. The average Bonchev–Trinajstić information content (AvgIpc) is 3.19. The maximum atomic E-state index is 12.2. The highest BCUT2D eigenvalue weighted by atomic mass is 32.1. The summed E-state index contributed by atoms with van der Waals surface area (Å²) < 4.78 is 1.93. The molecule has 4 rings (SSSR count). The van der Waals surface area contributed by atoms with Crippen molar-refractivity contribution in [2.45, 2.75) is 19.4 Å². The Balaban J connectivity index is 1.45. The van der Waals surface area contributed by atoms with E-state index in [-0.39, 0.29) is 18.4 Å². The lowest BCUT2D eigenvalue weighted by Gasteiger charge is -2.10. The van der Waals surface area contributed by atoms with Crippen LogP contribution in [0.25, 0.3) is 16.0 Å². The Morgan fingerprint density at radius 3 is 3.09 bits per heavy atom. The number of para-hydroxylation sites is 2. The Morgan fingerprint density at radius 2 is 2.26 bits per heavy atom. The van der Waals surface area contributed by atoms with E-state index in [4.69, 9.17) is 0 Å². The third-order valence-corrected chi connectivity index (χ3v) is 4.45. The molecule has 4 aromatic rings. The summed E-state index contributed by atoms with van der Waals surface area (Å²) >= 11 is 1.55. The van der Waals surface area contributed by atoms with E-state index >= 15 is 0 Å². The van der Waals surface area contributed by atoms with E-state index < -0.39 is 0 Å². The van der Waals surface area contributed by atoms with Gasteiger partial charge in [-0.2, -0.15) is 0 Å². The molecule has 0 aliphatic rings. The number of fused-ring (bicyclic) bond motifs is 2. The van der Waals surface area contributed by atoms with Gasteiger partial charge in [-0.1, -0.05) is 12.1 Å². The van der Waals surface area contributed by atoms with Gasteiger partial charge in [-0.25, -0.2) is 9.97 Å². The van der Waals surface area contributed by atoms with E-state index in [0.717, 1.165) is 27.5 Å². The number of carbonyl (C=O) groups is 1. The molecule has 0 saturated carbocycles. The number of benzene rings is 1. The number of imidazole rings is 2. The van der Waals surface area contributed by atoms with Gasteiger partial charge in [0.1, 0.15) is 5.82 Å². The van der Waals surface area contributed by atoms with Crippen molar-refractivity contribution in [3.63, 3.8) is 0 Å². The van der Waals surface area contributed by atoms with Gasteiger partial charge in [0.15, 0.2) is 4.96 Å². The number of nitrogens with zero attached hydrogens (tertiary/aromatic N) is 3. The number of aromatic nitrogens is 4. The predicted molar refractivity (Wildman–Crippen MR) is 89.4 cm³/mol. The van der Waals surface area contributed by atoms with Gasteiger partial charge in [0.25, 0.3) is 0 Å². The summed E-state index contributed by atoms with van der Waals surface area (Å²) in [5.41, 5.74) is 2.64. The fourth-order valence-corrected chi connectivity index (χ4v) is 3.28. The summed E-state index contributed by atoms with van der Waals surface area (Å²) in [6.45, 7) is 1.92. The van der Waals surface area contributed by atoms with Crippen LogP contribution in [0.4, 0.5) is 0 Å². The van der Waals surface area contributed by atoms with Gasteiger partial charge in [0.2, 0.25) is 5.91 Å². The van der Waals surface area contributed by atoms with E-state index in [2.05, 4.69) is 20.3 Å². The first-order chi connectivity index (χ1) is 11.2. The minimum Gasteiger partial charge on any atom is -0.346 e. The summed E-state index contributed by atoms with van der Waals surface area (Å²) in [5, 5.41) is 4.93. The maximum absolute atomic E-state index is 12.2. The highest BCUT2D eigenvalue weighted by Crippen LogP contribution is 2.16. The van der Waals surface area contributed by atoms with E-state index in [0.29, 0.717) is 0 Å². The summed E-state index contributed by atoms with van der Waals surface area (Å²) in [7, 11) is 0. The molecule has 1 atom stereocenters. The van der Waals surface area contributed by atoms with Gasteiger partial charge in [0.05, 0.1) is 29.2 Å². The third-order valence-electron chi connectivity index (χ3n) is 3.68. The van der Waals surface area contributed by atoms with Crippen LogP contribution in [0.15, 0.2) is 42.0 Å². The molecule has 1 amide bonds. The fraction of sp³-hybridized carbons (Fsp3) is 0.188. The second kappa shape index (κ2) is 5.51. The van der Waals surface area contributed by atoms with Crippen molar-refractivity contribution in [3.05, 3.63) is 53.6 Å². The second-order valence-corrected chi connectivity index (χ2v) is 6.30. The van der Waals surface area contributed by atoms with Crippen molar-refractivity contribution in [3.8, 4) is 0 Å². The predicted octanol–water partition coefficient (Wildman–Crippen LogP) is 2.69. The molecule has 3 aromatic heterocycles. The average molecular weight is 325 g/mol. The Hall–Kier alpha value is -2.67. The van der Waals surface area contributed by atoms with Gasteiger partial charge in [-0.05, 0) is 19.1 Å². The van der Waals surface area contributed by atoms with E-state index in [1.807, 2.05) is 53.4 Å². The number of hydrogen-bond donors (Lipinski definition) is 2. The summed E-state index contributed by atoms with van der Waals surface area (Å²) in [4.78, 5) is 25.3. The molecule has 0 fully saturated rings. The van der Waals surface area contributed by atoms with Gasteiger partial charge < -0.3 is 10.3 Å². The lowest BCUT2D eigenvalue weighted by Crippen LogP contribution is -2.28. The molecular weight excluding hydrogens is 310 g/mol. The van der Waals surface area contributed by atoms with Gasteiger partial charge >= 0.3 is 0 Å². The molecule has 1 aromatic carbocycles. The Labute approximate surface area is 136 Å². The lowest BCUT2D eigenvalue weighted by atomic mass is 10.2. The minimum atomic E-state index is -0.182. The van der Waals surface area contributed by atoms with Gasteiger partial charge in [-0.3, -0.25) is 9.20 Å². The van der Waals surface area contributed by atoms with Crippen LogP contribution in [0.5, 0.6) is 0 Å². The summed E-state index contributed by atoms with van der Waals surface area (Å²) in [6, 6.07) is 7.64. The number of carbonyl (C=O) groups excluding carboxylic acids is 1. The Kier molecular flexibility index (Phi) is 3.34. The largest absolute Gasteiger partial charge is 0.346 e. The van der Waals surface area contributed by atoms with E-state index in [9.17, 15) is 4.79 Å². The second-order valence-electron chi connectivity index (χ2n) is 5.43. The van der Waals surface area contributed by atoms with Crippen LogP contribution in [-0.4, -0.2) is 25.3 Å². The number of amides is 1.